The normalized spacial score (nSPS) is 14.7. The Morgan fingerprint density at radius 2 is 2.05 bits per heavy atom. The number of rotatable bonds is 2. The summed E-state index contributed by atoms with van der Waals surface area (Å²) in [5.41, 5.74) is 3.11. The number of benzene rings is 1. The van der Waals surface area contributed by atoms with Gasteiger partial charge in [-0.05, 0) is 43.5 Å². The van der Waals surface area contributed by atoms with Crippen LogP contribution < -0.4 is 0 Å². The number of carbonyl (C=O) groups is 1. The highest BCUT2D eigenvalue weighted by Gasteiger charge is 2.27. The fourth-order valence-corrected chi connectivity index (χ4v) is 2.34. The lowest BCUT2D eigenvalue weighted by atomic mass is 10.1. The molecule has 0 unspecified atom stereocenters. The molecule has 0 aromatic heterocycles. The summed E-state index contributed by atoms with van der Waals surface area (Å²) < 4.78 is 5.41. The van der Waals surface area contributed by atoms with E-state index in [9.17, 15) is 4.79 Å². The highest BCUT2D eigenvalue weighted by Crippen LogP contribution is 2.26. The number of allylic oxidation sites excluding steroid dienone is 1. The number of hydrogen-bond acceptors (Lipinski definition) is 2. The fourth-order valence-electron chi connectivity index (χ4n) is 2.15. The minimum Gasteiger partial charge on any atom is -0.444 e. The average Bonchev–Trinajstić information content (AvgIpc) is 2.77. The van der Waals surface area contributed by atoms with Gasteiger partial charge in [-0.2, -0.15) is 0 Å². The summed E-state index contributed by atoms with van der Waals surface area (Å²) >= 11 is 3.37. The lowest BCUT2D eigenvalue weighted by Gasteiger charge is -2.24. The van der Waals surface area contributed by atoms with Crippen LogP contribution in [0.5, 0.6) is 0 Å². The van der Waals surface area contributed by atoms with Crippen molar-refractivity contribution < 1.29 is 9.53 Å². The molecule has 0 saturated heterocycles. The minimum absolute atomic E-state index is 0.244. The SMILES string of the molecule is CC(C)(C)OC(=O)N1Cc2ccc(/C=C/CBr)cc2C1. The van der Waals surface area contributed by atoms with Gasteiger partial charge in [-0.15, -0.1) is 0 Å². The average molecular weight is 338 g/mol. The van der Waals surface area contributed by atoms with Gasteiger partial charge in [0.1, 0.15) is 5.60 Å². The van der Waals surface area contributed by atoms with Crippen LogP contribution in [0.3, 0.4) is 0 Å². The first-order valence-electron chi connectivity index (χ1n) is 6.71. The second-order valence-electron chi connectivity index (χ2n) is 5.92. The van der Waals surface area contributed by atoms with Crippen LogP contribution >= 0.6 is 15.9 Å². The van der Waals surface area contributed by atoms with E-state index in [0.717, 1.165) is 10.9 Å². The predicted octanol–water partition coefficient (Wildman–Crippen LogP) is 4.35. The third-order valence-electron chi connectivity index (χ3n) is 3.00. The quantitative estimate of drug-likeness (QED) is 0.751. The van der Waals surface area contributed by atoms with E-state index < -0.39 is 5.60 Å². The minimum atomic E-state index is -0.449. The molecule has 1 heterocycles. The summed E-state index contributed by atoms with van der Waals surface area (Å²) in [6, 6.07) is 6.31. The van der Waals surface area contributed by atoms with Crippen LogP contribution in [-0.2, 0) is 17.8 Å². The molecule has 0 bridgehead atoms. The number of hydrogen-bond donors (Lipinski definition) is 0. The van der Waals surface area contributed by atoms with Gasteiger partial charge in [0.15, 0.2) is 0 Å². The van der Waals surface area contributed by atoms with E-state index in [0.29, 0.717) is 13.1 Å². The second kappa shape index (κ2) is 6.00. The van der Waals surface area contributed by atoms with Gasteiger partial charge in [0.2, 0.25) is 0 Å². The molecule has 1 aromatic carbocycles. The number of carbonyl (C=O) groups excluding carboxylic acids is 1. The van der Waals surface area contributed by atoms with Gasteiger partial charge in [-0.1, -0.05) is 40.2 Å². The summed E-state index contributed by atoms with van der Waals surface area (Å²) in [6.07, 6.45) is 3.89. The number of fused-ring (bicyclic) bond motifs is 1. The Balaban J connectivity index is 2.07. The van der Waals surface area contributed by atoms with Crippen LogP contribution in [0.1, 0.15) is 37.5 Å². The largest absolute Gasteiger partial charge is 0.444 e. The smallest absolute Gasteiger partial charge is 0.410 e. The molecular formula is C16H20BrNO2. The maximum absolute atomic E-state index is 12.1. The van der Waals surface area contributed by atoms with Crippen LogP contribution in [0.4, 0.5) is 4.79 Å². The second-order valence-corrected chi connectivity index (χ2v) is 6.57. The molecule has 0 N–H and O–H groups in total. The Morgan fingerprint density at radius 3 is 2.70 bits per heavy atom. The van der Waals surface area contributed by atoms with Crippen LogP contribution in [0, 0.1) is 0 Å². The lowest BCUT2D eigenvalue weighted by Crippen LogP contribution is -2.33. The highest BCUT2D eigenvalue weighted by molar-refractivity contribution is 9.09. The number of nitrogens with zero attached hydrogens (tertiary/aromatic N) is 1. The van der Waals surface area contributed by atoms with Crippen LogP contribution in [-0.4, -0.2) is 21.9 Å². The first-order valence-corrected chi connectivity index (χ1v) is 7.83. The molecule has 0 spiro atoms. The zero-order valence-corrected chi connectivity index (χ0v) is 13.7. The summed E-state index contributed by atoms with van der Waals surface area (Å²) in [5.74, 6) is 0. The zero-order valence-electron chi connectivity index (χ0n) is 12.1. The first-order chi connectivity index (χ1) is 9.39. The van der Waals surface area contributed by atoms with E-state index >= 15 is 0 Å². The molecule has 0 fully saturated rings. The van der Waals surface area contributed by atoms with Crippen molar-refractivity contribution in [2.75, 3.05) is 5.33 Å². The topological polar surface area (TPSA) is 29.5 Å². The van der Waals surface area contributed by atoms with E-state index in [4.69, 9.17) is 4.74 Å². The zero-order chi connectivity index (χ0) is 14.8. The Morgan fingerprint density at radius 1 is 1.35 bits per heavy atom. The van der Waals surface area contributed by atoms with Crippen molar-refractivity contribution in [3.05, 3.63) is 41.0 Å². The predicted molar refractivity (Wildman–Crippen MR) is 84.8 cm³/mol. The third-order valence-corrected chi connectivity index (χ3v) is 3.38. The van der Waals surface area contributed by atoms with Crippen molar-refractivity contribution in [2.45, 2.75) is 39.5 Å². The highest BCUT2D eigenvalue weighted by atomic mass is 79.9. The molecule has 1 amide bonds. The van der Waals surface area contributed by atoms with Crippen molar-refractivity contribution in [1.82, 2.24) is 4.90 Å². The monoisotopic (exact) mass is 337 g/mol. The summed E-state index contributed by atoms with van der Waals surface area (Å²) in [6.45, 7) is 6.92. The van der Waals surface area contributed by atoms with Crippen LogP contribution in [0.25, 0.3) is 6.08 Å². The molecule has 108 valence electrons. The standard InChI is InChI=1S/C16H20BrNO2/c1-16(2,3)20-15(19)18-10-13-7-6-12(5-4-8-17)9-14(13)11-18/h4-7,9H,8,10-11H2,1-3H3/b5-4+. The van der Waals surface area contributed by atoms with Gasteiger partial charge in [0.05, 0.1) is 0 Å². The van der Waals surface area contributed by atoms with Crippen molar-refractivity contribution in [2.24, 2.45) is 0 Å². The number of amides is 1. The van der Waals surface area contributed by atoms with Gasteiger partial charge >= 0.3 is 6.09 Å². The summed E-state index contributed by atoms with van der Waals surface area (Å²) in [7, 11) is 0. The van der Waals surface area contributed by atoms with Gasteiger partial charge < -0.3 is 4.74 Å². The van der Waals surface area contributed by atoms with Crippen LogP contribution in [0.15, 0.2) is 24.3 Å². The lowest BCUT2D eigenvalue weighted by molar-refractivity contribution is 0.0242. The molecule has 1 aromatic rings. The fraction of sp³-hybridized carbons (Fsp3) is 0.438. The van der Waals surface area contributed by atoms with Gasteiger partial charge in [0.25, 0.3) is 0 Å². The molecular weight excluding hydrogens is 318 g/mol. The Bertz CT molecular complexity index is 532. The van der Waals surface area contributed by atoms with Crippen molar-refractivity contribution in [1.29, 1.82) is 0 Å². The van der Waals surface area contributed by atoms with Crippen molar-refractivity contribution in [3.8, 4) is 0 Å². The maximum Gasteiger partial charge on any atom is 0.410 e. The molecule has 3 nitrogen and oxygen atoms in total. The van der Waals surface area contributed by atoms with E-state index in [1.54, 1.807) is 4.90 Å². The number of ether oxygens (including phenoxy) is 1. The molecule has 2 rings (SSSR count). The molecule has 0 radical (unpaired) electrons. The Labute approximate surface area is 128 Å². The molecule has 1 aliphatic heterocycles. The van der Waals surface area contributed by atoms with Gasteiger partial charge in [0, 0.05) is 18.4 Å². The van der Waals surface area contributed by atoms with Crippen molar-refractivity contribution in [3.63, 3.8) is 0 Å². The molecule has 1 aliphatic rings. The van der Waals surface area contributed by atoms with E-state index in [2.05, 4.69) is 46.3 Å². The summed E-state index contributed by atoms with van der Waals surface area (Å²) in [5, 5.41) is 0.841. The van der Waals surface area contributed by atoms with E-state index in [-0.39, 0.29) is 6.09 Å². The number of alkyl halides is 1. The van der Waals surface area contributed by atoms with E-state index in [1.807, 2.05) is 20.8 Å². The number of halogens is 1. The first kappa shape index (κ1) is 15.1. The molecule has 4 heteroatoms. The molecule has 20 heavy (non-hydrogen) atoms. The van der Waals surface area contributed by atoms with Gasteiger partial charge in [-0.3, -0.25) is 4.90 Å². The Kier molecular flexibility index (Phi) is 4.53. The van der Waals surface area contributed by atoms with Crippen LogP contribution in [0.2, 0.25) is 0 Å². The van der Waals surface area contributed by atoms with Gasteiger partial charge in [-0.25, -0.2) is 4.79 Å². The summed E-state index contributed by atoms with van der Waals surface area (Å²) in [4.78, 5) is 13.8. The molecule has 0 saturated carbocycles. The molecule has 0 atom stereocenters. The Hall–Kier alpha value is -1.29. The van der Waals surface area contributed by atoms with Crippen molar-refractivity contribution >= 4 is 28.1 Å². The maximum atomic E-state index is 12.1. The molecule has 0 aliphatic carbocycles. The van der Waals surface area contributed by atoms with E-state index in [1.165, 1.54) is 11.1 Å². The third kappa shape index (κ3) is 3.85.